The molecule has 12 heteroatoms. The monoisotopic (exact) mass is 509 g/mol. The molecule has 170 valence electrons. The summed E-state index contributed by atoms with van der Waals surface area (Å²) in [6.07, 6.45) is -9.10. The molecule has 2 fully saturated rings. The van der Waals surface area contributed by atoms with Gasteiger partial charge in [0.25, 0.3) is 0 Å². The van der Waals surface area contributed by atoms with Crippen LogP contribution in [0, 0.1) is 6.92 Å². The van der Waals surface area contributed by atoms with Crippen LogP contribution in [0.25, 0.3) is 6.08 Å². The lowest BCUT2D eigenvalue weighted by Crippen LogP contribution is -2.43. The van der Waals surface area contributed by atoms with Crippen molar-refractivity contribution in [2.45, 2.75) is 43.6 Å². The van der Waals surface area contributed by atoms with Gasteiger partial charge < -0.3 is 18.9 Å². The Morgan fingerprint density at radius 2 is 1.87 bits per heavy atom. The summed E-state index contributed by atoms with van der Waals surface area (Å²) in [5.41, 5.74) is 0.159. The predicted octanol–water partition coefficient (Wildman–Crippen LogP) is 2.79. The first-order chi connectivity index (χ1) is 14.5. The second-order valence-corrected chi connectivity index (χ2v) is 8.34. The fraction of sp³-hybridized carbons (Fsp3) is 0.526. The summed E-state index contributed by atoms with van der Waals surface area (Å²) < 4.78 is 63.3. The molecule has 4 rings (SSSR count). The molecule has 5 atom stereocenters. The van der Waals surface area contributed by atoms with E-state index in [1.54, 1.807) is 19.1 Å². The molecule has 0 radical (unpaired) electrons. The Balaban J connectivity index is 1.56. The minimum absolute atomic E-state index is 0.0542. The van der Waals surface area contributed by atoms with Crippen LogP contribution in [-0.4, -0.2) is 73.4 Å². The van der Waals surface area contributed by atoms with E-state index >= 15 is 0 Å². The molecule has 1 aromatic carbocycles. The van der Waals surface area contributed by atoms with Crippen molar-refractivity contribution in [1.82, 2.24) is 5.23 Å². The first-order valence-corrected chi connectivity index (χ1v) is 10.1. The molecule has 3 aliphatic heterocycles. The van der Waals surface area contributed by atoms with Gasteiger partial charge in [-0.3, -0.25) is 10.0 Å². The number of carbonyl (C=O) groups is 1. The number of aryl methyl sites for hydroxylation is 1. The number of halogens is 4. The Labute approximate surface area is 183 Å². The Hall–Kier alpha value is -1.70. The lowest BCUT2D eigenvalue weighted by molar-refractivity contribution is -0.351. The lowest BCUT2D eigenvalue weighted by atomic mass is 9.99. The summed E-state index contributed by atoms with van der Waals surface area (Å²) >= 11 is 3.29. The van der Waals surface area contributed by atoms with E-state index in [1.165, 1.54) is 7.05 Å². The zero-order chi connectivity index (χ0) is 22.5. The third-order valence-corrected chi connectivity index (χ3v) is 5.60. The standard InChI is InChI=1S/C19H19BrF3NO7/c1-8-3-10(20)4-9-5-11(17(19(21,22)23)30-14(8)9)18(25)29-12-6-27-16-13(31-24(2)26)7-28-15(12)16/h3-5,12-13,15-17,26H,6-7H2,1-2H3/t12-,13+,15+,16?,17-/m0/s1. The summed E-state index contributed by atoms with van der Waals surface area (Å²) in [7, 11) is 1.27. The molecule has 0 amide bonds. The molecule has 1 unspecified atom stereocenters. The molecule has 0 aliphatic carbocycles. The Kier molecular flexibility index (Phi) is 6.05. The molecule has 0 aromatic heterocycles. The molecule has 1 N–H and O–H groups in total. The van der Waals surface area contributed by atoms with Crippen molar-refractivity contribution in [2.24, 2.45) is 0 Å². The number of rotatable bonds is 4. The van der Waals surface area contributed by atoms with Crippen LogP contribution >= 0.6 is 15.9 Å². The van der Waals surface area contributed by atoms with Gasteiger partial charge in [0.15, 0.2) is 6.10 Å². The number of carbonyl (C=O) groups excluding carboxylic acids is 1. The highest BCUT2D eigenvalue weighted by Crippen LogP contribution is 2.41. The SMILES string of the molecule is Cc1cc(Br)cc2c1O[C@H](C(F)(F)F)C(C(=O)O[C@H]1COC3[C@H](ON(C)O)CO[C@@H]31)=C2. The van der Waals surface area contributed by atoms with E-state index in [9.17, 15) is 23.2 Å². The van der Waals surface area contributed by atoms with Gasteiger partial charge in [-0.15, -0.1) is 0 Å². The number of esters is 1. The number of hydrogen-bond acceptors (Lipinski definition) is 8. The fourth-order valence-electron chi connectivity index (χ4n) is 3.88. The van der Waals surface area contributed by atoms with Gasteiger partial charge in [-0.25, -0.2) is 4.79 Å². The van der Waals surface area contributed by atoms with E-state index in [1.807, 2.05) is 0 Å². The number of ether oxygens (including phenoxy) is 4. The molecule has 3 heterocycles. The second-order valence-electron chi connectivity index (χ2n) is 7.43. The van der Waals surface area contributed by atoms with Crippen molar-refractivity contribution in [3.8, 4) is 5.75 Å². The minimum atomic E-state index is -4.83. The first-order valence-electron chi connectivity index (χ1n) is 9.33. The van der Waals surface area contributed by atoms with Crippen LogP contribution in [0.3, 0.4) is 0 Å². The maximum Gasteiger partial charge on any atom is 0.430 e. The summed E-state index contributed by atoms with van der Waals surface area (Å²) in [4.78, 5) is 17.9. The van der Waals surface area contributed by atoms with Gasteiger partial charge in [-0.2, -0.15) is 13.2 Å². The highest BCUT2D eigenvalue weighted by molar-refractivity contribution is 9.10. The molecule has 2 saturated heterocycles. The number of hydrogen-bond donors (Lipinski definition) is 1. The zero-order valence-electron chi connectivity index (χ0n) is 16.4. The Bertz CT molecular complexity index is 907. The third kappa shape index (κ3) is 4.45. The predicted molar refractivity (Wildman–Crippen MR) is 101 cm³/mol. The molecule has 1 aromatic rings. The number of alkyl halides is 3. The Morgan fingerprint density at radius 3 is 2.52 bits per heavy atom. The van der Waals surface area contributed by atoms with Gasteiger partial charge in [0.1, 0.15) is 24.1 Å². The first kappa shape index (κ1) is 22.5. The maximum absolute atomic E-state index is 13.7. The smallest absolute Gasteiger partial charge is 0.430 e. The van der Waals surface area contributed by atoms with Gasteiger partial charge in [0.05, 0.1) is 18.8 Å². The largest absolute Gasteiger partial charge is 0.475 e. The lowest BCUT2D eigenvalue weighted by Gasteiger charge is -2.29. The summed E-state index contributed by atoms with van der Waals surface area (Å²) in [5, 5.41) is 9.73. The van der Waals surface area contributed by atoms with Crippen LogP contribution < -0.4 is 4.74 Å². The van der Waals surface area contributed by atoms with Gasteiger partial charge in [-0.05, 0) is 30.7 Å². The highest BCUT2D eigenvalue weighted by atomic mass is 79.9. The number of hydroxylamine groups is 2. The molecule has 0 spiro atoms. The third-order valence-electron chi connectivity index (χ3n) is 5.14. The number of nitrogens with zero attached hydrogens (tertiary/aromatic N) is 1. The second kappa shape index (κ2) is 8.34. The van der Waals surface area contributed by atoms with E-state index < -0.39 is 48.2 Å². The quantitative estimate of drug-likeness (QED) is 0.489. The van der Waals surface area contributed by atoms with Crippen LogP contribution in [-0.2, 0) is 23.8 Å². The maximum atomic E-state index is 13.7. The van der Waals surface area contributed by atoms with E-state index in [0.29, 0.717) is 20.8 Å². The van der Waals surface area contributed by atoms with Crippen molar-refractivity contribution in [2.75, 3.05) is 20.3 Å². The van der Waals surface area contributed by atoms with E-state index in [0.717, 1.165) is 6.08 Å². The van der Waals surface area contributed by atoms with Gasteiger partial charge in [0, 0.05) is 17.1 Å². The molecular formula is C19H19BrF3NO7. The van der Waals surface area contributed by atoms with E-state index in [2.05, 4.69) is 15.9 Å². The van der Waals surface area contributed by atoms with Crippen LogP contribution in [0.5, 0.6) is 5.75 Å². The van der Waals surface area contributed by atoms with Gasteiger partial charge >= 0.3 is 12.1 Å². The molecule has 8 nitrogen and oxygen atoms in total. The molecule has 0 bridgehead atoms. The number of benzene rings is 1. The van der Waals surface area contributed by atoms with Crippen molar-refractivity contribution >= 4 is 28.0 Å². The topological polar surface area (TPSA) is 86.7 Å². The van der Waals surface area contributed by atoms with Crippen molar-refractivity contribution < 1.29 is 47.0 Å². The molecule has 0 saturated carbocycles. The minimum Gasteiger partial charge on any atom is -0.475 e. The summed E-state index contributed by atoms with van der Waals surface area (Å²) in [6.45, 7) is 1.60. The van der Waals surface area contributed by atoms with Gasteiger partial charge in [0.2, 0.25) is 6.10 Å². The van der Waals surface area contributed by atoms with Crippen LogP contribution in [0.2, 0.25) is 0 Å². The number of fused-ring (bicyclic) bond motifs is 2. The normalized spacial score (nSPS) is 29.9. The molecule has 31 heavy (non-hydrogen) atoms. The van der Waals surface area contributed by atoms with Crippen molar-refractivity contribution in [1.29, 1.82) is 0 Å². The average Bonchev–Trinajstić information content (AvgIpc) is 3.23. The Morgan fingerprint density at radius 1 is 1.23 bits per heavy atom. The van der Waals surface area contributed by atoms with Crippen LogP contribution in [0.4, 0.5) is 13.2 Å². The molecular weight excluding hydrogens is 491 g/mol. The highest BCUT2D eigenvalue weighted by Gasteiger charge is 2.53. The fourth-order valence-corrected chi connectivity index (χ4v) is 4.47. The summed E-state index contributed by atoms with van der Waals surface area (Å²) in [5.74, 6) is -1.12. The molecule has 3 aliphatic rings. The average molecular weight is 510 g/mol. The van der Waals surface area contributed by atoms with Crippen LogP contribution in [0.15, 0.2) is 22.2 Å². The van der Waals surface area contributed by atoms with Gasteiger partial charge in [-0.1, -0.05) is 21.2 Å². The van der Waals surface area contributed by atoms with Crippen molar-refractivity contribution in [3.05, 3.63) is 33.3 Å². The van der Waals surface area contributed by atoms with Crippen molar-refractivity contribution in [3.63, 3.8) is 0 Å². The summed E-state index contributed by atoms with van der Waals surface area (Å²) in [6, 6.07) is 3.18. The zero-order valence-corrected chi connectivity index (χ0v) is 18.0. The van der Waals surface area contributed by atoms with E-state index in [4.69, 9.17) is 23.8 Å². The van der Waals surface area contributed by atoms with E-state index in [-0.39, 0.29) is 19.0 Å². The van der Waals surface area contributed by atoms with Crippen LogP contribution in [0.1, 0.15) is 11.1 Å².